The highest BCUT2D eigenvalue weighted by Gasteiger charge is 2.36. The van der Waals surface area contributed by atoms with Crippen LogP contribution in [0.1, 0.15) is 75.2 Å². The van der Waals surface area contributed by atoms with Crippen LogP contribution in [0, 0.1) is 0 Å². The Labute approximate surface area is 325 Å². The molecule has 0 spiro atoms. The van der Waals surface area contributed by atoms with E-state index in [1.807, 2.05) is 6.07 Å². The maximum absolute atomic E-state index is 13.9. The SMILES string of the molecule is CCOC(=O)ON1CCN(C(=O)C(CCC(=O)OC[C@@H]2CCCO2)NC(=O)c2cc(OCC(=O)N3CCC[C@H]3C(=O)NC3CCC3)n(-c3ccccc3)n2)CC1. The second-order valence-corrected chi connectivity index (χ2v) is 14.2. The van der Waals surface area contributed by atoms with E-state index in [1.165, 1.54) is 25.6 Å². The zero-order chi connectivity index (χ0) is 39.4. The number of amides is 4. The number of aromatic nitrogens is 2. The molecule has 4 aliphatic rings. The Morgan fingerprint density at radius 1 is 0.929 bits per heavy atom. The Morgan fingerprint density at radius 2 is 1.71 bits per heavy atom. The highest BCUT2D eigenvalue weighted by atomic mass is 16.8. The number of ether oxygens (including phenoxy) is 4. The zero-order valence-corrected chi connectivity index (χ0v) is 31.7. The lowest BCUT2D eigenvalue weighted by molar-refractivity contribution is -0.157. The summed E-state index contributed by atoms with van der Waals surface area (Å²) < 4.78 is 23.1. The number of rotatable bonds is 16. The van der Waals surface area contributed by atoms with E-state index in [2.05, 4.69) is 15.7 Å². The van der Waals surface area contributed by atoms with Gasteiger partial charge >= 0.3 is 12.1 Å². The molecule has 3 saturated heterocycles. The molecule has 4 fully saturated rings. The number of carbonyl (C=O) groups excluding carboxylic acids is 6. The summed E-state index contributed by atoms with van der Waals surface area (Å²) in [6.07, 6.45) is 4.71. The van der Waals surface area contributed by atoms with Crippen LogP contribution in [0.3, 0.4) is 0 Å². The third-order valence-corrected chi connectivity index (χ3v) is 10.3. The summed E-state index contributed by atoms with van der Waals surface area (Å²) in [5.74, 6) is -2.10. The summed E-state index contributed by atoms with van der Waals surface area (Å²) in [6.45, 7) is 3.36. The van der Waals surface area contributed by atoms with Crippen LogP contribution in [-0.4, -0.2) is 144 Å². The van der Waals surface area contributed by atoms with Crippen LogP contribution in [0.4, 0.5) is 4.79 Å². The van der Waals surface area contributed by atoms with Gasteiger partial charge in [-0.15, -0.1) is 5.06 Å². The Bertz CT molecular complexity index is 1690. The van der Waals surface area contributed by atoms with Crippen molar-refractivity contribution >= 4 is 35.8 Å². The number of nitrogens with one attached hydrogen (secondary N) is 2. The molecule has 6 rings (SSSR count). The molecule has 0 radical (unpaired) electrons. The summed E-state index contributed by atoms with van der Waals surface area (Å²) in [4.78, 5) is 86.9. The molecule has 56 heavy (non-hydrogen) atoms. The number of carbonyl (C=O) groups is 6. The maximum atomic E-state index is 13.9. The highest BCUT2D eigenvalue weighted by Crippen LogP contribution is 2.24. The minimum Gasteiger partial charge on any atom is -0.467 e. The van der Waals surface area contributed by atoms with Crippen molar-refractivity contribution in [3.63, 3.8) is 0 Å². The predicted molar refractivity (Wildman–Crippen MR) is 196 cm³/mol. The number of likely N-dealkylation sites (tertiary alicyclic amines) is 1. The van der Waals surface area contributed by atoms with Gasteiger partial charge in [0.2, 0.25) is 17.7 Å². The minimum atomic E-state index is -1.14. The van der Waals surface area contributed by atoms with Crippen molar-refractivity contribution < 1.29 is 52.6 Å². The number of hydroxylamine groups is 2. The van der Waals surface area contributed by atoms with E-state index in [1.54, 1.807) is 31.2 Å². The van der Waals surface area contributed by atoms with Gasteiger partial charge in [-0.05, 0) is 70.4 Å². The van der Waals surface area contributed by atoms with Gasteiger partial charge in [0.1, 0.15) is 18.7 Å². The lowest BCUT2D eigenvalue weighted by Crippen LogP contribution is -2.55. The maximum Gasteiger partial charge on any atom is 0.527 e. The van der Waals surface area contributed by atoms with E-state index in [-0.39, 0.29) is 87.8 Å². The van der Waals surface area contributed by atoms with Crippen molar-refractivity contribution in [1.82, 2.24) is 35.3 Å². The standard InChI is InChI=1S/C38H51N7O11/c1-2-52-38(51)56-43-20-18-42(19-21-43)37(50)29(15-16-34(47)55-24-28-13-8-22-53-28)40-35(48)30-23-33(45(41-30)27-11-4-3-5-12-27)54-25-32(46)44-17-7-14-31(44)36(49)39-26-9-6-10-26/h3-5,11-12,23,26,28-29,31H,2,6-10,13-22,24-25H2,1H3,(H,39,49)(H,40,48)/t28-,29?,31-/m0/s1. The predicted octanol–water partition coefficient (Wildman–Crippen LogP) is 1.74. The summed E-state index contributed by atoms with van der Waals surface area (Å²) in [6, 6.07) is 8.72. The molecule has 1 aromatic heterocycles. The summed E-state index contributed by atoms with van der Waals surface area (Å²) >= 11 is 0. The Kier molecular flexibility index (Phi) is 14.1. The first-order valence-electron chi connectivity index (χ1n) is 19.5. The second-order valence-electron chi connectivity index (χ2n) is 14.2. The van der Waals surface area contributed by atoms with E-state index in [4.69, 9.17) is 23.8 Å². The molecule has 2 N–H and O–H groups in total. The number of nitrogens with zero attached hydrogens (tertiary/aromatic N) is 5. The highest BCUT2D eigenvalue weighted by molar-refractivity contribution is 5.96. The molecule has 304 valence electrons. The third-order valence-electron chi connectivity index (χ3n) is 10.3. The van der Waals surface area contributed by atoms with Crippen molar-refractivity contribution in [2.45, 2.75) is 88.9 Å². The van der Waals surface area contributed by atoms with Gasteiger partial charge in [-0.1, -0.05) is 18.2 Å². The van der Waals surface area contributed by atoms with E-state index in [0.717, 1.165) is 32.1 Å². The molecule has 1 aromatic carbocycles. The zero-order valence-electron chi connectivity index (χ0n) is 31.7. The second kappa shape index (κ2) is 19.6. The monoisotopic (exact) mass is 781 g/mol. The molecular formula is C38H51N7O11. The van der Waals surface area contributed by atoms with Crippen molar-refractivity contribution in [1.29, 1.82) is 0 Å². The largest absolute Gasteiger partial charge is 0.527 e. The Hall–Kier alpha value is -5.23. The molecular weight excluding hydrogens is 730 g/mol. The average molecular weight is 782 g/mol. The fraction of sp³-hybridized carbons (Fsp3) is 0.605. The van der Waals surface area contributed by atoms with Crippen molar-refractivity contribution in [2.24, 2.45) is 0 Å². The van der Waals surface area contributed by atoms with Crippen molar-refractivity contribution in [3.05, 3.63) is 42.1 Å². The van der Waals surface area contributed by atoms with Crippen molar-refractivity contribution in [2.75, 3.05) is 59.2 Å². The van der Waals surface area contributed by atoms with Gasteiger partial charge in [0.05, 0.1) is 31.5 Å². The first kappa shape index (κ1) is 40.4. The van der Waals surface area contributed by atoms with Crippen LogP contribution in [0.2, 0.25) is 0 Å². The van der Waals surface area contributed by atoms with E-state index < -0.39 is 42.6 Å². The molecule has 4 amide bonds. The van der Waals surface area contributed by atoms with Crippen LogP contribution in [0.5, 0.6) is 5.88 Å². The van der Waals surface area contributed by atoms with Crippen LogP contribution < -0.4 is 15.4 Å². The first-order valence-corrected chi connectivity index (χ1v) is 19.5. The van der Waals surface area contributed by atoms with E-state index in [9.17, 15) is 28.8 Å². The van der Waals surface area contributed by atoms with Gasteiger partial charge in [-0.3, -0.25) is 24.0 Å². The fourth-order valence-electron chi connectivity index (χ4n) is 6.99. The van der Waals surface area contributed by atoms with E-state index >= 15 is 0 Å². The molecule has 0 bridgehead atoms. The number of esters is 1. The summed E-state index contributed by atoms with van der Waals surface area (Å²) in [5.41, 5.74) is 0.457. The van der Waals surface area contributed by atoms with Gasteiger partial charge in [0.15, 0.2) is 12.3 Å². The minimum absolute atomic E-state index is 0.0585. The molecule has 4 heterocycles. The van der Waals surface area contributed by atoms with Gasteiger partial charge in [0.25, 0.3) is 11.8 Å². The number of hydrogen-bond acceptors (Lipinski definition) is 13. The number of piperazine rings is 1. The molecule has 1 aliphatic carbocycles. The lowest BCUT2D eigenvalue weighted by Gasteiger charge is -2.35. The smallest absolute Gasteiger partial charge is 0.467 e. The molecule has 2 aromatic rings. The molecule has 3 aliphatic heterocycles. The lowest BCUT2D eigenvalue weighted by atomic mass is 9.93. The third kappa shape index (κ3) is 10.7. The molecule has 1 saturated carbocycles. The van der Waals surface area contributed by atoms with E-state index in [0.29, 0.717) is 31.7 Å². The van der Waals surface area contributed by atoms with Crippen LogP contribution in [-0.2, 0) is 38.2 Å². The van der Waals surface area contributed by atoms with Gasteiger partial charge < -0.3 is 44.2 Å². The van der Waals surface area contributed by atoms with Crippen LogP contribution in [0.15, 0.2) is 36.4 Å². The molecule has 3 atom stereocenters. The van der Waals surface area contributed by atoms with Crippen LogP contribution >= 0.6 is 0 Å². The number of hydrogen-bond donors (Lipinski definition) is 2. The van der Waals surface area contributed by atoms with Gasteiger partial charge in [0, 0.05) is 44.8 Å². The average Bonchev–Trinajstić information content (AvgIpc) is 3.99. The quantitative estimate of drug-likeness (QED) is 0.234. The summed E-state index contributed by atoms with van der Waals surface area (Å²) in [5, 5.41) is 11.7. The summed E-state index contributed by atoms with van der Waals surface area (Å²) in [7, 11) is 0. The number of para-hydroxylation sites is 1. The topological polar surface area (TPSA) is 200 Å². The normalized spacial score (nSPS) is 20.4. The first-order chi connectivity index (χ1) is 27.2. The van der Waals surface area contributed by atoms with Crippen molar-refractivity contribution in [3.8, 4) is 11.6 Å². The molecule has 1 unspecified atom stereocenters. The van der Waals surface area contributed by atoms with Gasteiger partial charge in [-0.25, -0.2) is 9.48 Å². The number of benzene rings is 1. The van der Waals surface area contributed by atoms with Gasteiger partial charge in [-0.2, -0.15) is 5.10 Å². The molecule has 18 heteroatoms. The van der Waals surface area contributed by atoms with Crippen LogP contribution in [0.25, 0.3) is 5.69 Å². The Morgan fingerprint density at radius 3 is 2.41 bits per heavy atom. The fourth-order valence-corrected chi connectivity index (χ4v) is 6.99. The Balaban J connectivity index is 1.13. The molecule has 18 nitrogen and oxygen atoms in total.